The van der Waals surface area contributed by atoms with Gasteiger partial charge in [-0.2, -0.15) is 13.2 Å². The van der Waals surface area contributed by atoms with Gasteiger partial charge in [0, 0.05) is 12.1 Å². The number of carbonyl (C=O) groups is 1. The highest BCUT2D eigenvalue weighted by Crippen LogP contribution is 2.34. The maximum absolute atomic E-state index is 12.6. The van der Waals surface area contributed by atoms with E-state index in [0.717, 1.165) is 23.5 Å². The summed E-state index contributed by atoms with van der Waals surface area (Å²) in [6, 6.07) is 5.81. The zero-order chi connectivity index (χ0) is 19.8. The van der Waals surface area contributed by atoms with E-state index in [1.54, 1.807) is 0 Å². The van der Waals surface area contributed by atoms with Gasteiger partial charge >= 0.3 is 12.2 Å². The van der Waals surface area contributed by atoms with Gasteiger partial charge in [-0.1, -0.05) is 22.9 Å². The Morgan fingerprint density at radius 2 is 1.93 bits per heavy atom. The van der Waals surface area contributed by atoms with Crippen molar-refractivity contribution >= 4 is 55.7 Å². The smallest absolute Gasteiger partial charge is 0.306 e. The SMILES string of the molecule is O=C(Nc1nc2ccc([N+](=O)[O-])cc2s1)Nc1ccc(C(F)(F)F)cc1Cl. The van der Waals surface area contributed by atoms with Gasteiger partial charge in [0.15, 0.2) is 5.13 Å². The number of thiazole rings is 1. The molecule has 1 aromatic heterocycles. The number of nitro benzene ring substituents is 1. The number of hydrogen-bond acceptors (Lipinski definition) is 5. The zero-order valence-corrected chi connectivity index (χ0v) is 14.6. The minimum Gasteiger partial charge on any atom is -0.306 e. The topological polar surface area (TPSA) is 97.2 Å². The summed E-state index contributed by atoms with van der Waals surface area (Å²) in [5.41, 5.74) is -0.614. The molecule has 2 aromatic carbocycles. The number of nitrogens with one attached hydrogen (secondary N) is 2. The number of hydrogen-bond donors (Lipinski definition) is 2. The summed E-state index contributed by atoms with van der Waals surface area (Å²) in [6.45, 7) is 0. The molecule has 2 N–H and O–H groups in total. The van der Waals surface area contributed by atoms with Crippen molar-refractivity contribution < 1.29 is 22.9 Å². The molecule has 0 atom stereocenters. The molecule has 0 aliphatic carbocycles. The van der Waals surface area contributed by atoms with Crippen LogP contribution < -0.4 is 10.6 Å². The number of alkyl halides is 3. The molecule has 2 amide bonds. The summed E-state index contributed by atoms with van der Waals surface area (Å²) in [5, 5.41) is 15.4. The summed E-state index contributed by atoms with van der Waals surface area (Å²) in [7, 11) is 0. The molecule has 1 heterocycles. The molecule has 0 saturated carbocycles. The Kier molecular flexibility index (Phi) is 4.89. The van der Waals surface area contributed by atoms with Gasteiger partial charge in [-0.3, -0.25) is 15.4 Å². The van der Waals surface area contributed by atoms with E-state index in [0.29, 0.717) is 16.3 Å². The van der Waals surface area contributed by atoms with Crippen LogP contribution in [0, 0.1) is 10.1 Å². The third-order valence-corrected chi connectivity index (χ3v) is 4.59. The largest absolute Gasteiger partial charge is 0.416 e. The number of aromatic nitrogens is 1. The second kappa shape index (κ2) is 7.00. The Morgan fingerprint density at radius 1 is 1.19 bits per heavy atom. The number of nitro groups is 1. The lowest BCUT2D eigenvalue weighted by atomic mass is 10.2. The minimum absolute atomic E-state index is 0.0149. The molecular formula is C15H8ClF3N4O3S. The maximum Gasteiger partial charge on any atom is 0.416 e. The van der Waals surface area contributed by atoms with Gasteiger partial charge in [0.2, 0.25) is 0 Å². The second-order valence-corrected chi connectivity index (χ2v) is 6.64. The van der Waals surface area contributed by atoms with Crippen LogP contribution in [0.4, 0.5) is 34.5 Å². The minimum atomic E-state index is -4.55. The molecule has 0 fully saturated rings. The first-order chi connectivity index (χ1) is 12.6. The van der Waals surface area contributed by atoms with E-state index in [1.165, 1.54) is 18.2 Å². The predicted octanol–water partition coefficient (Wildman–Crippen LogP) is 5.52. The molecule has 0 unspecified atom stereocenters. The molecule has 3 rings (SSSR count). The fraction of sp³-hybridized carbons (Fsp3) is 0.0667. The molecular weight excluding hydrogens is 409 g/mol. The average Bonchev–Trinajstić information content (AvgIpc) is 2.96. The van der Waals surface area contributed by atoms with Crippen LogP contribution in [-0.2, 0) is 6.18 Å². The van der Waals surface area contributed by atoms with Gasteiger partial charge in [-0.05, 0) is 24.3 Å². The molecule has 0 saturated heterocycles. The highest BCUT2D eigenvalue weighted by molar-refractivity contribution is 7.22. The van der Waals surface area contributed by atoms with Crippen molar-refractivity contribution in [3.8, 4) is 0 Å². The van der Waals surface area contributed by atoms with E-state index in [4.69, 9.17) is 11.6 Å². The molecule has 140 valence electrons. The van der Waals surface area contributed by atoms with Gasteiger partial charge < -0.3 is 5.32 Å². The Hall–Kier alpha value is -2.92. The van der Waals surface area contributed by atoms with Crippen molar-refractivity contribution in [3.05, 3.63) is 57.1 Å². The van der Waals surface area contributed by atoms with Crippen molar-refractivity contribution in [2.45, 2.75) is 6.18 Å². The van der Waals surface area contributed by atoms with Crippen LogP contribution in [0.1, 0.15) is 5.56 Å². The Bertz CT molecular complexity index is 1050. The number of carbonyl (C=O) groups excluding carboxylic acids is 1. The summed E-state index contributed by atoms with van der Waals surface area (Å²) in [6.07, 6.45) is -4.55. The van der Waals surface area contributed by atoms with E-state index in [9.17, 15) is 28.1 Å². The van der Waals surface area contributed by atoms with E-state index in [2.05, 4.69) is 15.6 Å². The molecule has 0 aliphatic heterocycles. The third-order valence-electron chi connectivity index (χ3n) is 3.35. The fourth-order valence-corrected chi connectivity index (χ4v) is 3.25. The molecule has 12 heteroatoms. The van der Waals surface area contributed by atoms with Crippen molar-refractivity contribution in [1.29, 1.82) is 0 Å². The van der Waals surface area contributed by atoms with E-state index in [1.807, 2.05) is 0 Å². The molecule has 27 heavy (non-hydrogen) atoms. The Labute approximate surface area is 157 Å². The summed E-state index contributed by atoms with van der Waals surface area (Å²) < 4.78 is 38.4. The molecule has 0 aliphatic rings. The van der Waals surface area contributed by atoms with Crippen molar-refractivity contribution in [2.75, 3.05) is 10.6 Å². The number of non-ortho nitro benzene ring substituents is 1. The monoisotopic (exact) mass is 416 g/mol. The maximum atomic E-state index is 12.6. The normalized spacial score (nSPS) is 11.4. The summed E-state index contributed by atoms with van der Waals surface area (Å²) in [5.74, 6) is 0. The predicted molar refractivity (Wildman–Crippen MR) is 95.4 cm³/mol. The van der Waals surface area contributed by atoms with Gasteiger partial charge in [0.1, 0.15) is 0 Å². The van der Waals surface area contributed by atoms with Crippen LogP contribution in [0.15, 0.2) is 36.4 Å². The number of halogens is 4. The van der Waals surface area contributed by atoms with Crippen LogP contribution in [-0.4, -0.2) is 15.9 Å². The fourth-order valence-electron chi connectivity index (χ4n) is 2.12. The first kappa shape index (κ1) is 18.9. The van der Waals surface area contributed by atoms with Crippen LogP contribution in [0.2, 0.25) is 5.02 Å². The second-order valence-electron chi connectivity index (χ2n) is 5.20. The van der Waals surface area contributed by atoms with E-state index < -0.39 is 22.7 Å². The number of benzene rings is 2. The van der Waals surface area contributed by atoms with Crippen molar-refractivity contribution in [3.63, 3.8) is 0 Å². The average molecular weight is 417 g/mol. The van der Waals surface area contributed by atoms with Gasteiger partial charge in [-0.25, -0.2) is 9.78 Å². The molecule has 0 spiro atoms. The summed E-state index contributed by atoms with van der Waals surface area (Å²) >= 11 is 6.78. The lowest BCUT2D eigenvalue weighted by Crippen LogP contribution is -2.19. The number of urea groups is 1. The number of anilines is 2. The van der Waals surface area contributed by atoms with E-state index in [-0.39, 0.29) is 21.5 Å². The van der Waals surface area contributed by atoms with Gasteiger partial charge in [0.25, 0.3) is 5.69 Å². The van der Waals surface area contributed by atoms with Crippen LogP contribution >= 0.6 is 22.9 Å². The molecule has 0 bridgehead atoms. The van der Waals surface area contributed by atoms with Crippen LogP contribution in [0.3, 0.4) is 0 Å². The first-order valence-corrected chi connectivity index (χ1v) is 8.32. The summed E-state index contributed by atoms with van der Waals surface area (Å²) in [4.78, 5) is 26.4. The number of amides is 2. The van der Waals surface area contributed by atoms with Gasteiger partial charge in [-0.15, -0.1) is 0 Å². The highest BCUT2D eigenvalue weighted by Gasteiger charge is 2.31. The standard InChI is InChI=1S/C15H8ClF3N4O3S/c16-9-5-7(15(17,18)19)1-3-10(9)20-13(24)22-14-21-11-4-2-8(23(25)26)6-12(11)27-14/h1-6H,(H2,20,21,22,24). The van der Waals surface area contributed by atoms with Crippen LogP contribution in [0.25, 0.3) is 10.2 Å². The van der Waals surface area contributed by atoms with Gasteiger partial charge in [0.05, 0.1) is 31.4 Å². The third kappa shape index (κ3) is 4.26. The molecule has 3 aromatic rings. The number of rotatable bonds is 3. The first-order valence-electron chi connectivity index (χ1n) is 7.13. The van der Waals surface area contributed by atoms with Crippen molar-refractivity contribution in [1.82, 2.24) is 4.98 Å². The highest BCUT2D eigenvalue weighted by atomic mass is 35.5. The van der Waals surface area contributed by atoms with Crippen LogP contribution in [0.5, 0.6) is 0 Å². The lowest BCUT2D eigenvalue weighted by Gasteiger charge is -2.11. The Balaban J connectivity index is 1.74. The Morgan fingerprint density at radius 3 is 2.56 bits per heavy atom. The molecule has 0 radical (unpaired) electrons. The lowest BCUT2D eigenvalue weighted by molar-refractivity contribution is -0.384. The zero-order valence-electron chi connectivity index (χ0n) is 13.0. The molecule has 7 nitrogen and oxygen atoms in total. The van der Waals surface area contributed by atoms with Crippen molar-refractivity contribution in [2.24, 2.45) is 0 Å². The number of nitrogens with zero attached hydrogens (tertiary/aromatic N) is 2. The quantitative estimate of drug-likeness (QED) is 0.434. The van der Waals surface area contributed by atoms with E-state index >= 15 is 0 Å². The number of fused-ring (bicyclic) bond motifs is 1.